The molecule has 1 aliphatic heterocycles. The second-order valence-corrected chi connectivity index (χ2v) is 8.88. The van der Waals surface area contributed by atoms with Gasteiger partial charge in [-0.05, 0) is 38.0 Å². The highest BCUT2D eigenvalue weighted by Crippen LogP contribution is 2.35. The van der Waals surface area contributed by atoms with Crippen LogP contribution >= 0.6 is 11.3 Å². The summed E-state index contributed by atoms with van der Waals surface area (Å²) in [5.74, 6) is -4.64. The third-order valence-corrected chi connectivity index (χ3v) is 6.52. The van der Waals surface area contributed by atoms with Crippen molar-refractivity contribution < 1.29 is 32.7 Å². The van der Waals surface area contributed by atoms with E-state index in [2.05, 4.69) is 10.3 Å². The number of ether oxygens (including phenoxy) is 1. The van der Waals surface area contributed by atoms with Gasteiger partial charge in [0, 0.05) is 17.5 Å². The molecule has 0 radical (unpaired) electrons. The summed E-state index contributed by atoms with van der Waals surface area (Å²) in [5, 5.41) is 4.26. The number of amides is 3. The van der Waals surface area contributed by atoms with Crippen molar-refractivity contribution in [3.05, 3.63) is 47.4 Å². The number of imide groups is 1. The predicted octanol–water partition coefficient (Wildman–Crippen LogP) is 3.30. The number of nitrogens with one attached hydrogen (secondary N) is 1. The molecule has 2 heterocycles. The van der Waals surface area contributed by atoms with Crippen molar-refractivity contribution >= 4 is 40.2 Å². The first-order valence-electron chi connectivity index (χ1n) is 10.7. The second kappa shape index (κ2) is 9.80. The molecule has 0 bridgehead atoms. The van der Waals surface area contributed by atoms with Gasteiger partial charge < -0.3 is 4.74 Å². The summed E-state index contributed by atoms with van der Waals surface area (Å²) in [6.07, 6.45) is 3.42. The quantitative estimate of drug-likeness (QED) is 0.364. The van der Waals surface area contributed by atoms with Crippen LogP contribution < -0.4 is 5.32 Å². The maximum atomic E-state index is 13.4. The van der Waals surface area contributed by atoms with E-state index in [1.54, 1.807) is 5.38 Å². The number of fused-ring (bicyclic) bond motifs is 1. The number of thiazole rings is 1. The van der Waals surface area contributed by atoms with E-state index in [0.717, 1.165) is 28.4 Å². The van der Waals surface area contributed by atoms with Crippen LogP contribution in [0.3, 0.4) is 0 Å². The number of anilines is 1. The number of aromatic nitrogens is 1. The molecule has 11 heteroatoms. The first-order valence-corrected chi connectivity index (χ1v) is 11.5. The van der Waals surface area contributed by atoms with Gasteiger partial charge in [-0.1, -0.05) is 12.2 Å². The average molecular weight is 490 g/mol. The molecule has 3 amide bonds. The maximum absolute atomic E-state index is 13.4. The predicted molar refractivity (Wildman–Crippen MR) is 118 cm³/mol. The van der Waals surface area contributed by atoms with Crippen molar-refractivity contribution in [2.45, 2.75) is 32.3 Å². The lowest BCUT2D eigenvalue weighted by Gasteiger charge is -2.16. The number of benzene rings is 1. The molecule has 4 rings (SSSR count). The minimum atomic E-state index is -1.15. The largest absolute Gasteiger partial charge is 0.452 e. The molecule has 1 aromatic carbocycles. The third kappa shape index (κ3) is 4.89. The molecule has 2 aliphatic rings. The van der Waals surface area contributed by atoms with Gasteiger partial charge in [0.1, 0.15) is 0 Å². The molecule has 0 saturated carbocycles. The number of hydrogen-bond donors (Lipinski definition) is 1. The molecule has 34 heavy (non-hydrogen) atoms. The lowest BCUT2D eigenvalue weighted by atomic mass is 9.85. The summed E-state index contributed by atoms with van der Waals surface area (Å²) in [7, 11) is 0. The summed E-state index contributed by atoms with van der Waals surface area (Å²) in [4.78, 5) is 54.7. The number of allylic oxidation sites excluding steroid dienone is 2. The standard InChI is InChI=1S/C23H21F2N3O5S/c1-12(20(30)27-23-26-18(11-34-23)13-6-7-16(24)17(25)10-13)33-19(29)8-9-28-21(31)14-4-2-3-5-15(14)22(28)32/h2-3,6-7,10-12,14-15H,4-5,8-9H2,1H3,(H,26,27,30)/t12-,14-,15+/m1/s1. The van der Waals surface area contributed by atoms with Gasteiger partial charge in [-0.15, -0.1) is 11.3 Å². The van der Waals surface area contributed by atoms with Crippen LogP contribution in [0.15, 0.2) is 35.7 Å². The van der Waals surface area contributed by atoms with Crippen LogP contribution in [-0.4, -0.2) is 46.2 Å². The Bertz CT molecular complexity index is 1160. The fraction of sp³-hybridized carbons (Fsp3) is 0.348. The molecule has 1 aliphatic carbocycles. The smallest absolute Gasteiger partial charge is 0.308 e. The van der Waals surface area contributed by atoms with E-state index in [-0.39, 0.29) is 41.7 Å². The van der Waals surface area contributed by atoms with E-state index >= 15 is 0 Å². The second-order valence-electron chi connectivity index (χ2n) is 8.02. The highest BCUT2D eigenvalue weighted by Gasteiger charge is 2.47. The van der Waals surface area contributed by atoms with Crippen LogP contribution in [0.25, 0.3) is 11.3 Å². The summed E-state index contributed by atoms with van der Waals surface area (Å²) in [5.41, 5.74) is 0.691. The van der Waals surface area contributed by atoms with Gasteiger partial charge in [-0.25, -0.2) is 13.8 Å². The number of rotatable bonds is 7. The summed E-state index contributed by atoms with van der Waals surface area (Å²) in [6, 6.07) is 3.35. The SMILES string of the molecule is C[C@@H](OC(=O)CCN1C(=O)[C@H]2CC=CC[C@H]2C1=O)C(=O)Nc1nc(-c2ccc(F)c(F)c2)cs1. The molecular weight excluding hydrogens is 468 g/mol. The Labute approximate surface area is 197 Å². The molecule has 3 atom stereocenters. The van der Waals surface area contributed by atoms with Gasteiger partial charge in [0.2, 0.25) is 11.8 Å². The number of carbonyl (C=O) groups excluding carboxylic acids is 4. The fourth-order valence-corrected chi connectivity index (χ4v) is 4.65. The zero-order valence-corrected chi connectivity index (χ0v) is 18.9. The first kappa shape index (κ1) is 23.7. The summed E-state index contributed by atoms with van der Waals surface area (Å²) >= 11 is 1.07. The molecular formula is C23H21F2N3O5S. The number of likely N-dealkylation sites (tertiary alicyclic amines) is 1. The zero-order chi connectivity index (χ0) is 24.4. The Balaban J connectivity index is 1.27. The number of esters is 1. The Hall–Kier alpha value is -3.47. The lowest BCUT2D eigenvalue weighted by molar-refractivity contribution is -0.154. The van der Waals surface area contributed by atoms with Crippen molar-refractivity contribution in [1.82, 2.24) is 9.88 Å². The van der Waals surface area contributed by atoms with E-state index in [0.29, 0.717) is 24.1 Å². The highest BCUT2D eigenvalue weighted by atomic mass is 32.1. The molecule has 1 saturated heterocycles. The maximum Gasteiger partial charge on any atom is 0.308 e. The molecule has 2 aromatic rings. The van der Waals surface area contributed by atoms with Crippen molar-refractivity contribution in [3.63, 3.8) is 0 Å². The van der Waals surface area contributed by atoms with E-state index in [1.807, 2.05) is 12.2 Å². The van der Waals surface area contributed by atoms with Crippen molar-refractivity contribution in [1.29, 1.82) is 0 Å². The van der Waals surface area contributed by atoms with Crippen LogP contribution in [0, 0.1) is 23.5 Å². The first-order chi connectivity index (χ1) is 16.2. The van der Waals surface area contributed by atoms with Crippen molar-refractivity contribution in [2.24, 2.45) is 11.8 Å². The van der Waals surface area contributed by atoms with Gasteiger partial charge in [-0.2, -0.15) is 0 Å². The minimum Gasteiger partial charge on any atom is -0.452 e. The van der Waals surface area contributed by atoms with Gasteiger partial charge in [0.05, 0.1) is 24.0 Å². The number of carbonyl (C=O) groups is 4. The Morgan fingerprint density at radius 2 is 1.85 bits per heavy atom. The van der Waals surface area contributed by atoms with Gasteiger partial charge in [0.25, 0.3) is 5.91 Å². The molecule has 1 N–H and O–H groups in total. The van der Waals surface area contributed by atoms with Crippen LogP contribution in [-0.2, 0) is 23.9 Å². The zero-order valence-electron chi connectivity index (χ0n) is 18.1. The molecule has 1 fully saturated rings. The van der Waals surface area contributed by atoms with Crippen LogP contribution in [0.2, 0.25) is 0 Å². The van der Waals surface area contributed by atoms with Crippen LogP contribution in [0.1, 0.15) is 26.2 Å². The highest BCUT2D eigenvalue weighted by molar-refractivity contribution is 7.14. The van der Waals surface area contributed by atoms with Crippen LogP contribution in [0.5, 0.6) is 0 Å². The molecule has 178 valence electrons. The Morgan fingerprint density at radius 3 is 2.50 bits per heavy atom. The van der Waals surface area contributed by atoms with Gasteiger partial charge in [0.15, 0.2) is 22.9 Å². The third-order valence-electron chi connectivity index (χ3n) is 5.77. The molecule has 8 nitrogen and oxygen atoms in total. The summed E-state index contributed by atoms with van der Waals surface area (Å²) < 4.78 is 31.7. The normalized spacial score (nSPS) is 20.3. The summed E-state index contributed by atoms with van der Waals surface area (Å²) in [6.45, 7) is 1.28. The Kier molecular flexibility index (Phi) is 6.82. The van der Waals surface area contributed by atoms with Gasteiger partial charge in [-0.3, -0.25) is 29.4 Å². The average Bonchev–Trinajstić information content (AvgIpc) is 3.37. The molecule has 1 aromatic heterocycles. The number of halogens is 2. The van der Waals surface area contributed by atoms with Crippen molar-refractivity contribution in [3.8, 4) is 11.3 Å². The molecule has 0 spiro atoms. The topological polar surface area (TPSA) is 106 Å². The van der Waals surface area contributed by atoms with E-state index in [9.17, 15) is 28.0 Å². The number of hydrogen-bond acceptors (Lipinski definition) is 7. The minimum absolute atomic E-state index is 0.0953. The van der Waals surface area contributed by atoms with Crippen LogP contribution in [0.4, 0.5) is 13.9 Å². The number of nitrogens with zero attached hydrogens (tertiary/aromatic N) is 2. The Morgan fingerprint density at radius 1 is 1.18 bits per heavy atom. The fourth-order valence-electron chi connectivity index (χ4n) is 3.93. The van der Waals surface area contributed by atoms with Crippen molar-refractivity contribution in [2.75, 3.05) is 11.9 Å². The lowest BCUT2D eigenvalue weighted by Crippen LogP contribution is -2.35. The van der Waals surface area contributed by atoms with E-state index in [4.69, 9.17) is 4.74 Å². The van der Waals surface area contributed by atoms with E-state index < -0.39 is 29.6 Å². The van der Waals surface area contributed by atoms with Gasteiger partial charge >= 0.3 is 5.97 Å². The monoisotopic (exact) mass is 489 g/mol. The van der Waals surface area contributed by atoms with E-state index in [1.165, 1.54) is 13.0 Å². The molecule has 0 unspecified atom stereocenters.